The van der Waals surface area contributed by atoms with Gasteiger partial charge in [-0.05, 0) is 64.9 Å². The summed E-state index contributed by atoms with van der Waals surface area (Å²) in [6, 6.07) is 10.2. The lowest BCUT2D eigenvalue weighted by molar-refractivity contribution is 0.00254. The van der Waals surface area contributed by atoms with Crippen molar-refractivity contribution >= 4 is 11.9 Å². The highest BCUT2D eigenvalue weighted by molar-refractivity contribution is 5.98. The van der Waals surface area contributed by atoms with Gasteiger partial charge in [0, 0.05) is 23.6 Å². The zero-order valence-electron chi connectivity index (χ0n) is 16.9. The highest BCUT2D eigenvalue weighted by Gasteiger charge is 2.47. The van der Waals surface area contributed by atoms with Crippen molar-refractivity contribution in [3.05, 3.63) is 35.4 Å². The Morgan fingerprint density at radius 3 is 2.14 bits per heavy atom. The summed E-state index contributed by atoms with van der Waals surface area (Å²) in [5.41, 5.74) is 0.908. The van der Waals surface area contributed by atoms with Crippen LogP contribution in [0.15, 0.2) is 24.3 Å². The second-order valence-electron chi connectivity index (χ2n) is 9.58. The van der Waals surface area contributed by atoms with Gasteiger partial charge in [0.1, 0.15) is 5.60 Å². The van der Waals surface area contributed by atoms with Crippen LogP contribution in [0.1, 0.15) is 75.2 Å². The maximum absolute atomic E-state index is 13.1. The molecule has 2 atom stereocenters. The van der Waals surface area contributed by atoms with Gasteiger partial charge in [-0.1, -0.05) is 24.3 Å². The molecule has 2 aliphatic heterocycles. The highest BCUT2D eigenvalue weighted by Crippen LogP contribution is 2.47. The number of Topliss-reactive ketones (excluding diaryl/α,β-unsaturated/α-hetero) is 1. The van der Waals surface area contributed by atoms with Gasteiger partial charge in [-0.3, -0.25) is 4.79 Å². The molecule has 3 aliphatic rings. The van der Waals surface area contributed by atoms with Gasteiger partial charge in [0.2, 0.25) is 0 Å². The molecule has 2 heterocycles. The van der Waals surface area contributed by atoms with Crippen molar-refractivity contribution < 1.29 is 14.3 Å². The molecule has 1 aromatic carbocycles. The van der Waals surface area contributed by atoms with Crippen molar-refractivity contribution in [2.24, 2.45) is 5.92 Å². The van der Waals surface area contributed by atoms with E-state index in [2.05, 4.69) is 6.07 Å². The number of hydrogen-bond acceptors (Lipinski definition) is 4. The number of ether oxygens (including phenoxy) is 1. The Labute approximate surface area is 166 Å². The fourth-order valence-electron chi connectivity index (χ4n) is 4.78. The third-order valence-electron chi connectivity index (χ3n) is 6.39. The maximum Gasteiger partial charge on any atom is 0.410 e. The summed E-state index contributed by atoms with van der Waals surface area (Å²) in [5, 5.41) is 9.34. The van der Waals surface area contributed by atoms with E-state index in [4.69, 9.17) is 4.74 Å². The van der Waals surface area contributed by atoms with Crippen LogP contribution in [-0.4, -0.2) is 34.5 Å². The molecule has 2 saturated heterocycles. The largest absolute Gasteiger partial charge is 0.444 e. The van der Waals surface area contributed by atoms with Crippen LogP contribution < -0.4 is 0 Å². The van der Waals surface area contributed by atoms with Crippen molar-refractivity contribution in [3.63, 3.8) is 0 Å². The average Bonchev–Trinajstić information content (AvgIpc) is 3.40. The predicted octanol–water partition coefficient (Wildman–Crippen LogP) is 4.60. The molecule has 0 spiro atoms. The second-order valence-corrected chi connectivity index (χ2v) is 9.58. The van der Waals surface area contributed by atoms with Crippen molar-refractivity contribution in [3.8, 4) is 6.07 Å². The third kappa shape index (κ3) is 3.41. The first kappa shape index (κ1) is 19.0. The van der Waals surface area contributed by atoms with E-state index < -0.39 is 5.60 Å². The monoisotopic (exact) mass is 380 g/mol. The molecule has 1 aromatic rings. The number of benzene rings is 1. The lowest BCUT2D eigenvalue weighted by Gasteiger charge is -2.39. The molecule has 1 amide bonds. The summed E-state index contributed by atoms with van der Waals surface area (Å²) in [7, 11) is 0. The first-order valence-electron chi connectivity index (χ1n) is 10.3. The quantitative estimate of drug-likeness (QED) is 0.719. The molecular formula is C23H28N2O3. The summed E-state index contributed by atoms with van der Waals surface area (Å²) in [5.74, 6) is 0.113. The fraction of sp³-hybridized carbons (Fsp3) is 0.609. The molecular weight excluding hydrogens is 352 g/mol. The Hall–Kier alpha value is -2.35. The van der Waals surface area contributed by atoms with Gasteiger partial charge in [0.05, 0.1) is 11.5 Å². The van der Waals surface area contributed by atoms with Crippen LogP contribution in [-0.2, 0) is 10.2 Å². The first-order chi connectivity index (χ1) is 13.2. The van der Waals surface area contributed by atoms with Gasteiger partial charge >= 0.3 is 6.09 Å². The van der Waals surface area contributed by atoms with Gasteiger partial charge in [-0.25, -0.2) is 4.79 Å². The number of ketones is 1. The van der Waals surface area contributed by atoms with E-state index in [1.165, 1.54) is 0 Å². The summed E-state index contributed by atoms with van der Waals surface area (Å²) in [4.78, 5) is 27.5. The fourth-order valence-corrected chi connectivity index (χ4v) is 4.78. The van der Waals surface area contributed by atoms with Gasteiger partial charge < -0.3 is 9.64 Å². The van der Waals surface area contributed by atoms with Crippen molar-refractivity contribution in [2.75, 3.05) is 0 Å². The van der Waals surface area contributed by atoms with E-state index in [0.717, 1.165) is 31.2 Å². The average molecular weight is 380 g/mol. The number of carbonyl (C=O) groups is 2. The molecule has 2 bridgehead atoms. The Balaban J connectivity index is 1.44. The van der Waals surface area contributed by atoms with E-state index in [1.807, 2.05) is 49.9 Å². The summed E-state index contributed by atoms with van der Waals surface area (Å²) >= 11 is 0. The Morgan fingerprint density at radius 2 is 1.68 bits per heavy atom. The normalized spacial score (nSPS) is 27.8. The topological polar surface area (TPSA) is 70.4 Å². The van der Waals surface area contributed by atoms with E-state index in [-0.39, 0.29) is 35.3 Å². The molecule has 4 rings (SSSR count). The minimum absolute atomic E-state index is 0.0483. The van der Waals surface area contributed by atoms with Crippen molar-refractivity contribution in [1.29, 1.82) is 5.26 Å². The van der Waals surface area contributed by atoms with Gasteiger partial charge in [0.15, 0.2) is 5.78 Å². The molecule has 3 fully saturated rings. The zero-order valence-corrected chi connectivity index (χ0v) is 16.9. The number of nitriles is 1. The van der Waals surface area contributed by atoms with Crippen LogP contribution in [0, 0.1) is 17.2 Å². The first-order valence-corrected chi connectivity index (χ1v) is 10.3. The van der Waals surface area contributed by atoms with Gasteiger partial charge in [-0.2, -0.15) is 5.26 Å². The molecule has 0 radical (unpaired) electrons. The number of rotatable bonds is 3. The molecule has 1 aliphatic carbocycles. The van der Waals surface area contributed by atoms with Crippen LogP contribution in [0.4, 0.5) is 4.79 Å². The number of amides is 1. The second kappa shape index (κ2) is 6.62. The summed E-state index contributed by atoms with van der Waals surface area (Å²) < 4.78 is 5.58. The number of hydrogen-bond donors (Lipinski definition) is 0. The van der Waals surface area contributed by atoms with Crippen LogP contribution in [0.2, 0.25) is 0 Å². The Kier molecular flexibility index (Phi) is 4.49. The standard InChI is InChI=1S/C23H28N2O3/c1-22(2,3)28-21(27)25-18-8-9-19(25)13-16(12-18)20(26)15-4-6-17(7-5-15)23(14-24)10-11-23/h4-7,16,18-19H,8-13H2,1-3H3. The van der Waals surface area contributed by atoms with E-state index in [1.54, 1.807) is 0 Å². The lowest BCUT2D eigenvalue weighted by Crippen LogP contribution is -2.49. The number of piperidine rings is 1. The van der Waals surface area contributed by atoms with E-state index >= 15 is 0 Å². The minimum Gasteiger partial charge on any atom is -0.444 e. The molecule has 28 heavy (non-hydrogen) atoms. The molecule has 0 aromatic heterocycles. The van der Waals surface area contributed by atoms with Crippen LogP contribution >= 0.6 is 0 Å². The Bertz CT molecular complexity index is 813. The predicted molar refractivity (Wildman–Crippen MR) is 105 cm³/mol. The number of fused-ring (bicyclic) bond motifs is 2. The molecule has 148 valence electrons. The Morgan fingerprint density at radius 1 is 1.11 bits per heavy atom. The third-order valence-corrected chi connectivity index (χ3v) is 6.39. The lowest BCUT2D eigenvalue weighted by atomic mass is 9.84. The van der Waals surface area contributed by atoms with Crippen LogP contribution in [0.5, 0.6) is 0 Å². The van der Waals surface area contributed by atoms with Gasteiger partial charge in [0.25, 0.3) is 0 Å². The van der Waals surface area contributed by atoms with Crippen molar-refractivity contribution in [1.82, 2.24) is 4.90 Å². The number of carbonyl (C=O) groups excluding carboxylic acids is 2. The minimum atomic E-state index is -0.507. The van der Waals surface area contributed by atoms with E-state index in [0.29, 0.717) is 18.4 Å². The molecule has 5 nitrogen and oxygen atoms in total. The summed E-state index contributed by atoms with van der Waals surface area (Å²) in [6.07, 6.45) is 4.86. The smallest absolute Gasteiger partial charge is 0.410 e. The molecule has 2 unspecified atom stereocenters. The van der Waals surface area contributed by atoms with Crippen LogP contribution in [0.25, 0.3) is 0 Å². The molecule has 0 N–H and O–H groups in total. The SMILES string of the molecule is CC(C)(C)OC(=O)N1C2CCC1CC(C(=O)c1ccc(C3(C#N)CC3)cc1)C2. The highest BCUT2D eigenvalue weighted by atomic mass is 16.6. The van der Waals surface area contributed by atoms with E-state index in [9.17, 15) is 14.9 Å². The zero-order chi connectivity index (χ0) is 20.1. The van der Waals surface area contributed by atoms with Crippen LogP contribution in [0.3, 0.4) is 0 Å². The molecule has 5 heteroatoms. The van der Waals surface area contributed by atoms with Gasteiger partial charge in [-0.15, -0.1) is 0 Å². The summed E-state index contributed by atoms with van der Waals surface area (Å²) in [6.45, 7) is 5.64. The maximum atomic E-state index is 13.1. The van der Waals surface area contributed by atoms with Crippen molar-refractivity contribution in [2.45, 2.75) is 82.4 Å². The number of nitrogens with zero attached hydrogens (tertiary/aromatic N) is 2. The molecule has 1 saturated carbocycles.